The van der Waals surface area contributed by atoms with E-state index >= 15 is 0 Å². The van der Waals surface area contributed by atoms with E-state index in [-0.39, 0.29) is 17.5 Å². The van der Waals surface area contributed by atoms with Crippen LogP contribution >= 0.6 is 0 Å². The summed E-state index contributed by atoms with van der Waals surface area (Å²) in [5, 5.41) is 23.0. The van der Waals surface area contributed by atoms with Gasteiger partial charge in [0.1, 0.15) is 17.2 Å². The number of phenols is 2. The lowest BCUT2D eigenvalue weighted by Gasteiger charge is -2.19. The number of ether oxygens (including phenoxy) is 1. The maximum absolute atomic E-state index is 9.87. The Bertz CT molecular complexity index is 590. The molecule has 0 aromatic heterocycles. The second kappa shape index (κ2) is 5.74. The molecule has 0 saturated carbocycles. The molecule has 1 atom stereocenters. The highest BCUT2D eigenvalue weighted by Gasteiger charge is 2.15. The number of methoxy groups -OCH3 is 1. The zero-order valence-corrected chi connectivity index (χ0v) is 11.8. The van der Waals surface area contributed by atoms with Crippen LogP contribution in [0.4, 0.5) is 5.69 Å². The van der Waals surface area contributed by atoms with Crippen LogP contribution in [0.3, 0.4) is 0 Å². The zero-order valence-electron chi connectivity index (χ0n) is 11.8. The molecule has 0 heterocycles. The molecule has 0 bridgehead atoms. The summed E-state index contributed by atoms with van der Waals surface area (Å²) in [6.45, 7) is 3.86. The first-order chi connectivity index (χ1) is 9.52. The molecule has 0 aliphatic carbocycles. The average Bonchev–Trinajstić information content (AvgIpc) is 2.41. The Hall–Kier alpha value is -2.36. The maximum atomic E-state index is 9.87. The third-order valence-corrected chi connectivity index (χ3v) is 3.30. The quantitative estimate of drug-likeness (QED) is 0.796. The summed E-state index contributed by atoms with van der Waals surface area (Å²) in [5.41, 5.74) is 2.45. The molecule has 0 spiro atoms. The minimum absolute atomic E-state index is 0.0798. The van der Waals surface area contributed by atoms with Gasteiger partial charge in [-0.15, -0.1) is 0 Å². The molecular weight excluding hydrogens is 254 g/mol. The van der Waals surface area contributed by atoms with Crippen LogP contribution in [-0.2, 0) is 0 Å². The summed E-state index contributed by atoms with van der Waals surface area (Å²) >= 11 is 0. The smallest absolute Gasteiger partial charge is 0.124 e. The van der Waals surface area contributed by atoms with Gasteiger partial charge in [-0.25, -0.2) is 0 Å². The van der Waals surface area contributed by atoms with E-state index in [1.54, 1.807) is 25.3 Å². The minimum Gasteiger partial charge on any atom is -0.507 e. The third-order valence-electron chi connectivity index (χ3n) is 3.30. The van der Waals surface area contributed by atoms with Crippen LogP contribution in [0.1, 0.15) is 24.1 Å². The number of aromatic hydroxyl groups is 2. The van der Waals surface area contributed by atoms with Crippen LogP contribution in [0.25, 0.3) is 0 Å². The number of aryl methyl sites for hydroxylation is 1. The highest BCUT2D eigenvalue weighted by atomic mass is 16.5. The molecule has 1 unspecified atom stereocenters. The lowest BCUT2D eigenvalue weighted by molar-refractivity contribution is 0.414. The van der Waals surface area contributed by atoms with E-state index in [2.05, 4.69) is 5.32 Å². The number of benzene rings is 2. The molecule has 0 saturated heterocycles. The van der Waals surface area contributed by atoms with Gasteiger partial charge in [-0.3, -0.25) is 0 Å². The molecule has 2 rings (SSSR count). The van der Waals surface area contributed by atoms with E-state index in [1.165, 1.54) is 0 Å². The van der Waals surface area contributed by atoms with Gasteiger partial charge >= 0.3 is 0 Å². The second-order valence-corrected chi connectivity index (χ2v) is 4.76. The van der Waals surface area contributed by atoms with Gasteiger partial charge in [-0.1, -0.05) is 6.07 Å². The van der Waals surface area contributed by atoms with Crippen molar-refractivity contribution in [2.45, 2.75) is 19.9 Å². The minimum atomic E-state index is -0.219. The topological polar surface area (TPSA) is 61.7 Å². The van der Waals surface area contributed by atoms with Gasteiger partial charge in [0.15, 0.2) is 0 Å². The lowest BCUT2D eigenvalue weighted by Crippen LogP contribution is -2.08. The number of nitrogens with one attached hydrogen (secondary N) is 1. The monoisotopic (exact) mass is 273 g/mol. The molecule has 20 heavy (non-hydrogen) atoms. The summed E-state index contributed by atoms with van der Waals surface area (Å²) in [4.78, 5) is 0. The normalized spacial score (nSPS) is 11.9. The fourth-order valence-electron chi connectivity index (χ4n) is 2.22. The van der Waals surface area contributed by atoms with Gasteiger partial charge in [0, 0.05) is 5.69 Å². The highest BCUT2D eigenvalue weighted by molar-refractivity contribution is 5.57. The molecule has 106 valence electrons. The van der Waals surface area contributed by atoms with E-state index in [1.807, 2.05) is 32.0 Å². The molecule has 0 aliphatic rings. The summed E-state index contributed by atoms with van der Waals surface area (Å²) in [6, 6.07) is 10.2. The Morgan fingerprint density at radius 3 is 2.30 bits per heavy atom. The summed E-state index contributed by atoms with van der Waals surface area (Å²) < 4.78 is 5.17. The number of rotatable bonds is 4. The van der Waals surface area contributed by atoms with Gasteiger partial charge in [-0.2, -0.15) is 0 Å². The highest BCUT2D eigenvalue weighted by Crippen LogP contribution is 2.35. The van der Waals surface area contributed by atoms with Crippen molar-refractivity contribution in [3.05, 3.63) is 47.5 Å². The molecule has 2 aromatic carbocycles. The van der Waals surface area contributed by atoms with E-state index in [0.717, 1.165) is 17.0 Å². The standard InChI is InChI=1S/C16H19NO3/c1-10-9-12(20-3)7-8-13(10)17-11(2)16-14(18)5-4-6-15(16)19/h4-9,11,17-19H,1-3H3. The predicted octanol–water partition coefficient (Wildman–Crippen LogP) is 3.59. The van der Waals surface area contributed by atoms with Crippen molar-refractivity contribution in [3.63, 3.8) is 0 Å². The zero-order chi connectivity index (χ0) is 14.7. The number of hydrogen-bond acceptors (Lipinski definition) is 4. The fraction of sp³-hybridized carbons (Fsp3) is 0.250. The SMILES string of the molecule is COc1ccc(NC(C)c2c(O)cccc2O)c(C)c1. The van der Waals surface area contributed by atoms with Crippen LogP contribution in [0, 0.1) is 6.92 Å². The largest absolute Gasteiger partial charge is 0.507 e. The van der Waals surface area contributed by atoms with Crippen molar-refractivity contribution in [2.24, 2.45) is 0 Å². The van der Waals surface area contributed by atoms with Crippen molar-refractivity contribution in [3.8, 4) is 17.2 Å². The summed E-state index contributed by atoms with van der Waals surface area (Å²) in [5.74, 6) is 0.957. The number of anilines is 1. The predicted molar refractivity (Wildman–Crippen MR) is 79.5 cm³/mol. The van der Waals surface area contributed by atoms with Crippen molar-refractivity contribution in [1.29, 1.82) is 0 Å². The molecule has 0 amide bonds. The van der Waals surface area contributed by atoms with Crippen molar-refractivity contribution < 1.29 is 14.9 Å². The Labute approximate surface area is 118 Å². The Balaban J connectivity index is 2.26. The molecule has 4 nitrogen and oxygen atoms in total. The molecule has 3 N–H and O–H groups in total. The van der Waals surface area contributed by atoms with Crippen molar-refractivity contribution >= 4 is 5.69 Å². The lowest BCUT2D eigenvalue weighted by atomic mass is 10.0. The Kier molecular flexibility index (Phi) is 4.03. The van der Waals surface area contributed by atoms with Crippen LogP contribution in [0.5, 0.6) is 17.2 Å². The van der Waals surface area contributed by atoms with Crippen molar-refractivity contribution in [2.75, 3.05) is 12.4 Å². The number of hydrogen-bond donors (Lipinski definition) is 3. The first kappa shape index (κ1) is 14.1. The molecule has 2 aromatic rings. The van der Waals surface area contributed by atoms with Crippen LogP contribution in [0.15, 0.2) is 36.4 Å². The molecule has 0 aliphatic heterocycles. The van der Waals surface area contributed by atoms with Gasteiger partial charge in [0.05, 0.1) is 18.7 Å². The Morgan fingerprint density at radius 1 is 1.10 bits per heavy atom. The van der Waals surface area contributed by atoms with E-state index in [9.17, 15) is 10.2 Å². The van der Waals surface area contributed by atoms with E-state index < -0.39 is 0 Å². The van der Waals surface area contributed by atoms with Gasteiger partial charge in [0.25, 0.3) is 0 Å². The van der Waals surface area contributed by atoms with E-state index in [4.69, 9.17) is 4.74 Å². The first-order valence-corrected chi connectivity index (χ1v) is 6.45. The average molecular weight is 273 g/mol. The first-order valence-electron chi connectivity index (χ1n) is 6.45. The molecule has 0 radical (unpaired) electrons. The third kappa shape index (κ3) is 2.79. The number of phenolic OH excluding ortho intramolecular Hbond substituents is 2. The van der Waals surface area contributed by atoms with Crippen molar-refractivity contribution in [1.82, 2.24) is 0 Å². The van der Waals surface area contributed by atoms with Crippen LogP contribution in [-0.4, -0.2) is 17.3 Å². The fourth-order valence-corrected chi connectivity index (χ4v) is 2.22. The summed E-state index contributed by atoms with van der Waals surface area (Å²) in [7, 11) is 1.63. The van der Waals surface area contributed by atoms with Gasteiger partial charge in [-0.05, 0) is 49.7 Å². The van der Waals surface area contributed by atoms with Crippen LogP contribution in [0.2, 0.25) is 0 Å². The Morgan fingerprint density at radius 2 is 1.75 bits per heavy atom. The van der Waals surface area contributed by atoms with E-state index in [0.29, 0.717) is 5.56 Å². The molecule has 0 fully saturated rings. The maximum Gasteiger partial charge on any atom is 0.124 e. The van der Waals surface area contributed by atoms with Gasteiger partial charge in [0.2, 0.25) is 0 Å². The second-order valence-electron chi connectivity index (χ2n) is 4.76. The summed E-state index contributed by atoms with van der Waals surface area (Å²) in [6.07, 6.45) is 0. The van der Waals surface area contributed by atoms with Gasteiger partial charge < -0.3 is 20.3 Å². The molecule has 4 heteroatoms. The van der Waals surface area contributed by atoms with Crippen LogP contribution < -0.4 is 10.1 Å². The molecular formula is C16H19NO3.